The molecule has 2 rings (SSSR count). The van der Waals surface area contributed by atoms with Crippen LogP contribution in [0.3, 0.4) is 0 Å². The fourth-order valence-corrected chi connectivity index (χ4v) is 2.32. The number of likely N-dealkylation sites (tertiary alicyclic amines) is 1. The van der Waals surface area contributed by atoms with E-state index in [0.29, 0.717) is 6.04 Å². The number of nitrogens with zero attached hydrogens (tertiary/aromatic N) is 1. The Balaban J connectivity index is 1.80. The first-order valence-electron chi connectivity index (χ1n) is 5.32. The molecule has 2 aliphatic heterocycles. The van der Waals surface area contributed by atoms with E-state index in [1.165, 1.54) is 0 Å². The summed E-state index contributed by atoms with van der Waals surface area (Å²) in [5, 5.41) is 8.85. The average Bonchev–Trinajstić information content (AvgIpc) is 2.71. The van der Waals surface area contributed by atoms with Crippen molar-refractivity contribution in [3.8, 4) is 0 Å². The lowest BCUT2D eigenvalue weighted by Gasteiger charge is -2.33. The number of hydrogen-bond acceptors (Lipinski definition) is 3. The molecule has 0 radical (unpaired) electrons. The van der Waals surface area contributed by atoms with E-state index in [9.17, 15) is 4.79 Å². The van der Waals surface area contributed by atoms with Gasteiger partial charge in [0.15, 0.2) is 0 Å². The van der Waals surface area contributed by atoms with Crippen molar-refractivity contribution < 1.29 is 14.6 Å². The maximum atomic E-state index is 10.7. The van der Waals surface area contributed by atoms with E-state index in [4.69, 9.17) is 9.84 Å². The van der Waals surface area contributed by atoms with Gasteiger partial charge in [0.05, 0.1) is 12.5 Å². The first-order valence-corrected chi connectivity index (χ1v) is 5.32. The van der Waals surface area contributed by atoms with E-state index in [1.54, 1.807) is 0 Å². The lowest BCUT2D eigenvalue weighted by atomic mass is 9.96. The van der Waals surface area contributed by atoms with Gasteiger partial charge in [-0.2, -0.15) is 0 Å². The molecule has 0 aliphatic carbocycles. The first kappa shape index (κ1) is 9.93. The van der Waals surface area contributed by atoms with Gasteiger partial charge in [-0.1, -0.05) is 0 Å². The summed E-state index contributed by atoms with van der Waals surface area (Å²) in [5.74, 6) is -0.749. The minimum absolute atomic E-state index is 0.117. The SMILES string of the molecule is O=C(O)C1CCN([C@H]2CCOC2)CC1. The Morgan fingerprint density at radius 2 is 2.00 bits per heavy atom. The Morgan fingerprint density at radius 3 is 2.50 bits per heavy atom. The smallest absolute Gasteiger partial charge is 0.306 e. The van der Waals surface area contributed by atoms with E-state index in [-0.39, 0.29) is 5.92 Å². The fraction of sp³-hybridized carbons (Fsp3) is 0.900. The predicted molar refractivity (Wildman–Crippen MR) is 51.2 cm³/mol. The molecule has 2 saturated heterocycles. The van der Waals surface area contributed by atoms with Crippen molar-refractivity contribution in [2.24, 2.45) is 5.92 Å². The Kier molecular flexibility index (Phi) is 3.03. The second-order valence-electron chi connectivity index (χ2n) is 4.17. The van der Waals surface area contributed by atoms with Gasteiger partial charge in [0, 0.05) is 12.6 Å². The fourth-order valence-electron chi connectivity index (χ4n) is 2.32. The average molecular weight is 199 g/mol. The Hall–Kier alpha value is -0.610. The summed E-state index contributed by atoms with van der Waals surface area (Å²) in [5.41, 5.74) is 0. The molecule has 0 unspecified atom stereocenters. The van der Waals surface area contributed by atoms with Crippen molar-refractivity contribution in [3.05, 3.63) is 0 Å². The minimum Gasteiger partial charge on any atom is -0.481 e. The lowest BCUT2D eigenvalue weighted by Crippen LogP contribution is -2.43. The topological polar surface area (TPSA) is 49.8 Å². The number of carboxylic acid groups (broad SMARTS) is 1. The van der Waals surface area contributed by atoms with Crippen LogP contribution < -0.4 is 0 Å². The van der Waals surface area contributed by atoms with Crippen LogP contribution in [-0.2, 0) is 9.53 Å². The van der Waals surface area contributed by atoms with Gasteiger partial charge in [0.1, 0.15) is 0 Å². The van der Waals surface area contributed by atoms with E-state index in [2.05, 4.69) is 4.90 Å². The van der Waals surface area contributed by atoms with Crippen molar-refractivity contribution in [1.29, 1.82) is 0 Å². The minimum atomic E-state index is -0.632. The van der Waals surface area contributed by atoms with Gasteiger partial charge in [0.2, 0.25) is 0 Å². The molecule has 4 heteroatoms. The van der Waals surface area contributed by atoms with Gasteiger partial charge in [-0.05, 0) is 32.4 Å². The number of ether oxygens (including phenoxy) is 1. The molecule has 14 heavy (non-hydrogen) atoms. The molecule has 80 valence electrons. The number of carboxylic acids is 1. The predicted octanol–water partition coefficient (Wildman–Crippen LogP) is 0.572. The number of piperidine rings is 1. The third-order valence-corrected chi connectivity index (χ3v) is 3.30. The summed E-state index contributed by atoms with van der Waals surface area (Å²) >= 11 is 0. The van der Waals surface area contributed by atoms with Gasteiger partial charge >= 0.3 is 5.97 Å². The highest BCUT2D eigenvalue weighted by Gasteiger charge is 2.29. The van der Waals surface area contributed by atoms with Gasteiger partial charge in [-0.3, -0.25) is 9.69 Å². The Bertz CT molecular complexity index is 205. The maximum Gasteiger partial charge on any atom is 0.306 e. The summed E-state index contributed by atoms with van der Waals surface area (Å²) in [6.45, 7) is 3.54. The Labute approximate surface area is 83.8 Å². The maximum absolute atomic E-state index is 10.7. The number of aliphatic carboxylic acids is 1. The molecule has 0 aromatic heterocycles. The van der Waals surface area contributed by atoms with Crippen molar-refractivity contribution in [2.45, 2.75) is 25.3 Å². The van der Waals surface area contributed by atoms with Crippen molar-refractivity contribution >= 4 is 5.97 Å². The van der Waals surface area contributed by atoms with Crippen LogP contribution in [0.25, 0.3) is 0 Å². The summed E-state index contributed by atoms with van der Waals surface area (Å²) in [4.78, 5) is 13.1. The monoisotopic (exact) mass is 199 g/mol. The van der Waals surface area contributed by atoms with E-state index in [1.807, 2.05) is 0 Å². The van der Waals surface area contributed by atoms with Crippen LogP contribution in [0.5, 0.6) is 0 Å². The summed E-state index contributed by atoms with van der Waals surface area (Å²) < 4.78 is 5.33. The molecule has 2 heterocycles. The zero-order valence-corrected chi connectivity index (χ0v) is 8.32. The van der Waals surface area contributed by atoms with Gasteiger partial charge in [0.25, 0.3) is 0 Å². The molecule has 0 spiro atoms. The molecule has 4 nitrogen and oxygen atoms in total. The number of hydrogen-bond donors (Lipinski definition) is 1. The molecule has 0 amide bonds. The Morgan fingerprint density at radius 1 is 1.29 bits per heavy atom. The molecular formula is C10H17NO3. The molecular weight excluding hydrogens is 182 g/mol. The second-order valence-corrected chi connectivity index (χ2v) is 4.17. The third-order valence-electron chi connectivity index (χ3n) is 3.30. The van der Waals surface area contributed by atoms with Crippen molar-refractivity contribution in [2.75, 3.05) is 26.3 Å². The molecule has 0 bridgehead atoms. The van der Waals surface area contributed by atoms with E-state index >= 15 is 0 Å². The summed E-state index contributed by atoms with van der Waals surface area (Å²) in [6, 6.07) is 0.546. The van der Waals surface area contributed by atoms with Crippen molar-refractivity contribution in [3.63, 3.8) is 0 Å². The standard InChI is InChI=1S/C10H17NO3/c12-10(13)8-1-4-11(5-2-8)9-3-6-14-7-9/h8-9H,1-7H2,(H,12,13)/t9-/m0/s1. The molecule has 0 saturated carbocycles. The lowest BCUT2D eigenvalue weighted by molar-refractivity contribution is -0.143. The summed E-state index contributed by atoms with van der Waals surface area (Å²) in [7, 11) is 0. The zero-order chi connectivity index (χ0) is 9.97. The highest BCUT2D eigenvalue weighted by molar-refractivity contribution is 5.70. The quantitative estimate of drug-likeness (QED) is 0.706. The van der Waals surface area contributed by atoms with Crippen LogP contribution in [0.15, 0.2) is 0 Å². The molecule has 0 aromatic rings. The van der Waals surface area contributed by atoms with Crippen LogP contribution in [0.1, 0.15) is 19.3 Å². The first-order chi connectivity index (χ1) is 6.77. The molecule has 1 N–H and O–H groups in total. The van der Waals surface area contributed by atoms with E-state index in [0.717, 1.165) is 45.6 Å². The zero-order valence-electron chi connectivity index (χ0n) is 8.32. The van der Waals surface area contributed by atoms with Crippen molar-refractivity contribution in [1.82, 2.24) is 4.90 Å². The molecule has 1 atom stereocenters. The van der Waals surface area contributed by atoms with Crippen LogP contribution in [0, 0.1) is 5.92 Å². The molecule has 2 fully saturated rings. The second kappa shape index (κ2) is 4.28. The van der Waals surface area contributed by atoms with Gasteiger partial charge < -0.3 is 9.84 Å². The van der Waals surface area contributed by atoms with Gasteiger partial charge in [-0.25, -0.2) is 0 Å². The summed E-state index contributed by atoms with van der Waals surface area (Å²) in [6.07, 6.45) is 2.70. The van der Waals surface area contributed by atoms with Crippen LogP contribution in [-0.4, -0.2) is 48.3 Å². The normalized spacial score (nSPS) is 30.7. The third kappa shape index (κ3) is 2.07. The molecule has 0 aromatic carbocycles. The van der Waals surface area contributed by atoms with Gasteiger partial charge in [-0.15, -0.1) is 0 Å². The highest BCUT2D eigenvalue weighted by Crippen LogP contribution is 2.22. The van der Waals surface area contributed by atoms with Crippen LogP contribution in [0.4, 0.5) is 0 Å². The molecule has 2 aliphatic rings. The van der Waals surface area contributed by atoms with Crippen LogP contribution >= 0.6 is 0 Å². The number of carbonyl (C=O) groups is 1. The van der Waals surface area contributed by atoms with E-state index < -0.39 is 5.97 Å². The highest BCUT2D eigenvalue weighted by atomic mass is 16.5. The largest absolute Gasteiger partial charge is 0.481 e. The number of rotatable bonds is 2. The van der Waals surface area contributed by atoms with Crippen LogP contribution in [0.2, 0.25) is 0 Å².